The Morgan fingerprint density at radius 2 is 2.33 bits per heavy atom. The number of nitrogens with zero attached hydrogens (tertiary/aromatic N) is 2. The number of methoxy groups -OCH3 is 1. The Kier molecular flexibility index (Phi) is 4.15. The molecule has 2 rings (SSSR count). The summed E-state index contributed by atoms with van der Waals surface area (Å²) in [5.74, 6) is 1.12. The van der Waals surface area contributed by atoms with E-state index in [-0.39, 0.29) is 0 Å². The Hall–Kier alpha value is -1.62. The minimum absolute atomic E-state index is 0.400. The molecule has 0 atom stereocenters. The van der Waals surface area contributed by atoms with Crippen LogP contribution in [0.4, 0.5) is 0 Å². The molecule has 0 amide bonds. The lowest BCUT2D eigenvalue weighted by atomic mass is 10.2. The molecule has 0 fully saturated rings. The van der Waals surface area contributed by atoms with E-state index in [1.54, 1.807) is 6.07 Å². The molecule has 6 heteroatoms. The van der Waals surface area contributed by atoms with Gasteiger partial charge in [-0.15, -0.1) is 11.6 Å². The third-order valence-electron chi connectivity index (χ3n) is 2.60. The molecule has 0 aliphatic rings. The molecule has 0 saturated carbocycles. The van der Waals surface area contributed by atoms with Gasteiger partial charge in [-0.05, 0) is 18.9 Å². The molecule has 0 aliphatic carbocycles. The van der Waals surface area contributed by atoms with Crippen LogP contribution in [0.25, 0.3) is 11.2 Å². The number of carbonyl (C=O) groups excluding carboxylic acids is 1. The highest BCUT2D eigenvalue weighted by Gasteiger charge is 2.09. The molecule has 0 bridgehead atoms. The van der Waals surface area contributed by atoms with Crippen molar-refractivity contribution in [3.63, 3.8) is 0 Å². The molecule has 0 radical (unpaired) electrons. The maximum absolute atomic E-state index is 11.4. The Morgan fingerprint density at radius 1 is 1.50 bits per heavy atom. The first-order valence-corrected chi connectivity index (χ1v) is 6.27. The number of halogens is 1. The molecule has 0 unspecified atom stereocenters. The van der Waals surface area contributed by atoms with Crippen molar-refractivity contribution in [2.45, 2.75) is 19.3 Å². The fraction of sp³-hybridized carbons (Fsp3) is 0.417. The number of hydrogen-bond donors (Lipinski definition) is 1. The Balaban J connectivity index is 2.20. The highest BCUT2D eigenvalue weighted by molar-refractivity contribution is 6.17. The monoisotopic (exact) mass is 267 g/mol. The normalized spacial score (nSPS) is 10.8. The summed E-state index contributed by atoms with van der Waals surface area (Å²) in [7, 11) is 1.34. The number of H-pyrrole nitrogens is 1. The van der Waals surface area contributed by atoms with Crippen molar-refractivity contribution in [1.29, 1.82) is 0 Å². The summed E-state index contributed by atoms with van der Waals surface area (Å²) in [6.07, 6.45) is 4.24. The first-order valence-electron chi connectivity index (χ1n) is 5.73. The van der Waals surface area contributed by atoms with Crippen LogP contribution in [-0.4, -0.2) is 33.9 Å². The third kappa shape index (κ3) is 2.79. The standard InChI is InChI=1S/C12H14ClN3O2/c1-18-12(17)8-6-9-11(14-7-8)16-10(15-9)4-2-3-5-13/h6-7H,2-5H2,1H3,(H,14,15,16). The van der Waals surface area contributed by atoms with Gasteiger partial charge in [0, 0.05) is 18.5 Å². The zero-order chi connectivity index (χ0) is 13.0. The van der Waals surface area contributed by atoms with E-state index in [0.29, 0.717) is 17.1 Å². The van der Waals surface area contributed by atoms with Gasteiger partial charge in [-0.3, -0.25) is 0 Å². The maximum atomic E-state index is 11.4. The first-order chi connectivity index (χ1) is 8.74. The van der Waals surface area contributed by atoms with Gasteiger partial charge in [0.05, 0.1) is 18.2 Å². The number of hydrogen-bond acceptors (Lipinski definition) is 4. The van der Waals surface area contributed by atoms with E-state index in [1.165, 1.54) is 13.3 Å². The van der Waals surface area contributed by atoms with Gasteiger partial charge >= 0.3 is 5.97 Å². The van der Waals surface area contributed by atoms with E-state index in [1.807, 2.05) is 0 Å². The average Bonchev–Trinajstić information content (AvgIpc) is 2.79. The lowest BCUT2D eigenvalue weighted by Crippen LogP contribution is -2.01. The fourth-order valence-electron chi connectivity index (χ4n) is 1.68. The number of aryl methyl sites for hydroxylation is 1. The number of fused-ring (bicyclic) bond motifs is 1. The predicted molar refractivity (Wildman–Crippen MR) is 68.9 cm³/mol. The molecule has 96 valence electrons. The number of aromatic amines is 1. The second kappa shape index (κ2) is 5.82. The van der Waals surface area contributed by atoms with Crippen LogP contribution < -0.4 is 0 Å². The van der Waals surface area contributed by atoms with Gasteiger partial charge in [0.1, 0.15) is 5.82 Å². The second-order valence-electron chi connectivity index (χ2n) is 3.92. The topological polar surface area (TPSA) is 67.9 Å². The molecular formula is C12H14ClN3O2. The van der Waals surface area contributed by atoms with Crippen molar-refractivity contribution in [2.75, 3.05) is 13.0 Å². The largest absolute Gasteiger partial charge is 0.465 e. The number of pyridine rings is 1. The van der Waals surface area contributed by atoms with Crippen LogP contribution in [0.1, 0.15) is 29.0 Å². The number of esters is 1. The van der Waals surface area contributed by atoms with Gasteiger partial charge in [-0.2, -0.15) is 0 Å². The van der Waals surface area contributed by atoms with Crippen LogP contribution in [0.2, 0.25) is 0 Å². The summed E-state index contributed by atoms with van der Waals surface area (Å²) in [5.41, 5.74) is 1.78. The zero-order valence-corrected chi connectivity index (χ0v) is 10.8. The van der Waals surface area contributed by atoms with Crippen LogP contribution in [0.3, 0.4) is 0 Å². The van der Waals surface area contributed by atoms with E-state index in [2.05, 4.69) is 19.7 Å². The number of nitrogens with one attached hydrogen (secondary N) is 1. The smallest absolute Gasteiger partial charge is 0.339 e. The van der Waals surface area contributed by atoms with Gasteiger partial charge in [0.2, 0.25) is 0 Å². The first kappa shape index (κ1) is 12.8. The molecule has 2 aromatic rings. The van der Waals surface area contributed by atoms with Crippen LogP contribution >= 0.6 is 11.6 Å². The molecule has 0 aliphatic heterocycles. The minimum atomic E-state index is -0.400. The van der Waals surface area contributed by atoms with Gasteiger partial charge < -0.3 is 9.72 Å². The lowest BCUT2D eigenvalue weighted by molar-refractivity contribution is 0.0600. The fourth-order valence-corrected chi connectivity index (χ4v) is 1.87. The number of aromatic nitrogens is 3. The van der Waals surface area contributed by atoms with Crippen molar-refractivity contribution in [3.05, 3.63) is 23.7 Å². The van der Waals surface area contributed by atoms with Crippen molar-refractivity contribution in [1.82, 2.24) is 15.0 Å². The minimum Gasteiger partial charge on any atom is -0.465 e. The third-order valence-corrected chi connectivity index (χ3v) is 2.87. The molecule has 2 heterocycles. The average molecular weight is 268 g/mol. The molecule has 2 aromatic heterocycles. The number of alkyl halides is 1. The molecule has 18 heavy (non-hydrogen) atoms. The predicted octanol–water partition coefficient (Wildman–Crippen LogP) is 2.31. The molecule has 0 aromatic carbocycles. The number of carbonyl (C=O) groups is 1. The molecule has 0 saturated heterocycles. The van der Waals surface area contributed by atoms with Crippen LogP contribution in [-0.2, 0) is 11.2 Å². The van der Waals surface area contributed by atoms with E-state index < -0.39 is 5.97 Å². The van der Waals surface area contributed by atoms with Crippen molar-refractivity contribution < 1.29 is 9.53 Å². The van der Waals surface area contributed by atoms with E-state index in [4.69, 9.17) is 11.6 Å². The van der Waals surface area contributed by atoms with Crippen molar-refractivity contribution >= 4 is 28.7 Å². The number of ether oxygens (including phenoxy) is 1. The van der Waals surface area contributed by atoms with Gasteiger partial charge in [-0.25, -0.2) is 14.8 Å². The van der Waals surface area contributed by atoms with Gasteiger partial charge in [0.25, 0.3) is 0 Å². The maximum Gasteiger partial charge on any atom is 0.339 e. The lowest BCUT2D eigenvalue weighted by Gasteiger charge is -1.96. The Bertz CT molecular complexity index is 553. The highest BCUT2D eigenvalue weighted by Crippen LogP contribution is 2.13. The summed E-state index contributed by atoms with van der Waals surface area (Å²) in [6.45, 7) is 0. The van der Waals surface area contributed by atoms with E-state index >= 15 is 0 Å². The molecule has 0 spiro atoms. The van der Waals surface area contributed by atoms with Crippen molar-refractivity contribution in [2.24, 2.45) is 0 Å². The summed E-state index contributed by atoms with van der Waals surface area (Å²) >= 11 is 5.62. The Labute approximate surface area is 110 Å². The van der Waals surface area contributed by atoms with Crippen molar-refractivity contribution in [3.8, 4) is 0 Å². The van der Waals surface area contributed by atoms with E-state index in [9.17, 15) is 4.79 Å². The number of rotatable bonds is 5. The van der Waals surface area contributed by atoms with Gasteiger partial charge in [-0.1, -0.05) is 0 Å². The van der Waals surface area contributed by atoms with Crippen LogP contribution in [0.15, 0.2) is 12.3 Å². The summed E-state index contributed by atoms with van der Waals surface area (Å²) in [5, 5.41) is 0. The number of imidazole rings is 1. The molecule has 1 N–H and O–H groups in total. The summed E-state index contributed by atoms with van der Waals surface area (Å²) in [6, 6.07) is 1.70. The quantitative estimate of drug-likeness (QED) is 0.513. The second-order valence-corrected chi connectivity index (χ2v) is 4.29. The van der Waals surface area contributed by atoms with E-state index in [0.717, 1.165) is 30.6 Å². The Morgan fingerprint density at radius 3 is 3.06 bits per heavy atom. The zero-order valence-electron chi connectivity index (χ0n) is 10.1. The van der Waals surface area contributed by atoms with Crippen LogP contribution in [0, 0.1) is 0 Å². The van der Waals surface area contributed by atoms with Gasteiger partial charge in [0.15, 0.2) is 5.65 Å². The molecule has 5 nitrogen and oxygen atoms in total. The summed E-state index contributed by atoms with van der Waals surface area (Å²) < 4.78 is 4.64. The SMILES string of the molecule is COC(=O)c1cnc2nc(CCCCCl)[nH]c2c1. The highest BCUT2D eigenvalue weighted by atomic mass is 35.5. The molecular weight excluding hydrogens is 254 g/mol. The van der Waals surface area contributed by atoms with Crippen LogP contribution in [0.5, 0.6) is 0 Å². The summed E-state index contributed by atoms with van der Waals surface area (Å²) in [4.78, 5) is 23.0. The number of unbranched alkanes of at least 4 members (excludes halogenated alkanes) is 1.